The molecule has 1 aliphatic heterocycles. The molecule has 0 amide bonds. The number of nitrogens with zero attached hydrogens (tertiary/aromatic N) is 3. The summed E-state index contributed by atoms with van der Waals surface area (Å²) < 4.78 is 10.6. The predicted molar refractivity (Wildman–Crippen MR) is 120 cm³/mol. The molecule has 164 valence electrons. The molecule has 0 atom stereocenters. The summed E-state index contributed by atoms with van der Waals surface area (Å²) in [6.07, 6.45) is 5.55. The Balaban J connectivity index is 1.65. The number of thiophene rings is 1. The quantitative estimate of drug-likeness (QED) is 0.286. The van der Waals surface area contributed by atoms with Crippen molar-refractivity contribution in [2.45, 2.75) is 32.6 Å². The van der Waals surface area contributed by atoms with Gasteiger partial charge in [-0.3, -0.25) is 10.1 Å². The summed E-state index contributed by atoms with van der Waals surface area (Å²) in [4.78, 5) is 31.6. The van der Waals surface area contributed by atoms with Gasteiger partial charge in [-0.1, -0.05) is 6.07 Å². The van der Waals surface area contributed by atoms with Crippen LogP contribution < -0.4 is 4.90 Å². The van der Waals surface area contributed by atoms with Crippen LogP contribution in [0.3, 0.4) is 0 Å². The Bertz CT molecular complexity index is 1010. The van der Waals surface area contributed by atoms with Crippen LogP contribution in [0, 0.1) is 10.1 Å². The van der Waals surface area contributed by atoms with Crippen molar-refractivity contribution in [3.8, 4) is 0 Å². The molecule has 1 fully saturated rings. The zero-order valence-corrected chi connectivity index (χ0v) is 18.3. The van der Waals surface area contributed by atoms with E-state index < -0.39 is 0 Å². The predicted octanol–water partition coefficient (Wildman–Crippen LogP) is 4.30. The average Bonchev–Trinajstić information content (AvgIpc) is 3.17. The largest absolute Gasteiger partial charge is 0.462 e. The monoisotopic (exact) mass is 443 g/mol. The van der Waals surface area contributed by atoms with Gasteiger partial charge in [0.15, 0.2) is 0 Å². The van der Waals surface area contributed by atoms with Gasteiger partial charge in [0.25, 0.3) is 5.69 Å². The highest BCUT2D eigenvalue weighted by atomic mass is 32.1. The third kappa shape index (κ3) is 4.62. The highest BCUT2D eigenvalue weighted by Gasteiger charge is 2.26. The molecule has 0 bridgehead atoms. The number of esters is 1. The summed E-state index contributed by atoms with van der Waals surface area (Å²) in [5.74, 6) is -0.345. The molecule has 0 unspecified atom stereocenters. The number of morpholine rings is 1. The van der Waals surface area contributed by atoms with Gasteiger partial charge in [0.2, 0.25) is 0 Å². The SMILES string of the molecule is CCOC(=O)c1c(N=Cc2ccc(N3CCOCC3)c([N+](=O)[O-])c2)sc2c1CCCC2. The molecule has 1 aromatic heterocycles. The van der Waals surface area contributed by atoms with E-state index in [0.29, 0.717) is 54.7 Å². The van der Waals surface area contributed by atoms with Crippen LogP contribution in [0.4, 0.5) is 16.4 Å². The summed E-state index contributed by atoms with van der Waals surface area (Å²) in [7, 11) is 0. The Kier molecular flexibility index (Phi) is 6.62. The van der Waals surface area contributed by atoms with Crippen LogP contribution in [0.1, 0.15) is 46.1 Å². The molecule has 2 aromatic rings. The Morgan fingerprint density at radius 1 is 1.32 bits per heavy atom. The van der Waals surface area contributed by atoms with Gasteiger partial charge in [0, 0.05) is 30.2 Å². The maximum atomic E-state index is 12.6. The van der Waals surface area contributed by atoms with Gasteiger partial charge in [-0.25, -0.2) is 9.79 Å². The Morgan fingerprint density at radius 2 is 2.10 bits per heavy atom. The fourth-order valence-corrected chi connectivity index (χ4v) is 5.25. The molecule has 9 heteroatoms. The molecule has 8 nitrogen and oxygen atoms in total. The van der Waals surface area contributed by atoms with Crippen LogP contribution in [-0.2, 0) is 22.3 Å². The Morgan fingerprint density at radius 3 is 2.84 bits per heavy atom. The minimum absolute atomic E-state index is 0.0435. The van der Waals surface area contributed by atoms with Crippen molar-refractivity contribution in [1.29, 1.82) is 0 Å². The minimum atomic E-state index is -0.365. The third-order valence-corrected chi connectivity index (χ3v) is 6.71. The molecular formula is C22H25N3O5S. The first kappa shape index (κ1) is 21.5. The first-order chi connectivity index (χ1) is 15.1. The van der Waals surface area contributed by atoms with Gasteiger partial charge in [0.1, 0.15) is 10.7 Å². The zero-order valence-electron chi connectivity index (χ0n) is 17.5. The molecule has 0 spiro atoms. The number of hydrogen-bond acceptors (Lipinski definition) is 8. The second-order valence-corrected chi connectivity index (χ2v) is 8.56. The van der Waals surface area contributed by atoms with E-state index in [1.165, 1.54) is 22.3 Å². The lowest BCUT2D eigenvalue weighted by atomic mass is 9.95. The number of fused-ring (bicyclic) bond motifs is 1. The molecule has 2 heterocycles. The van der Waals surface area contributed by atoms with Crippen molar-refractivity contribution < 1.29 is 19.2 Å². The number of aryl methyl sites for hydroxylation is 1. The molecule has 1 aromatic carbocycles. The van der Waals surface area contributed by atoms with E-state index in [9.17, 15) is 14.9 Å². The molecular weight excluding hydrogens is 418 g/mol. The lowest BCUT2D eigenvalue weighted by molar-refractivity contribution is -0.384. The van der Waals surface area contributed by atoms with E-state index in [4.69, 9.17) is 9.47 Å². The zero-order chi connectivity index (χ0) is 21.8. The van der Waals surface area contributed by atoms with Crippen LogP contribution in [0.25, 0.3) is 0 Å². The number of carbonyl (C=O) groups is 1. The fourth-order valence-electron chi connectivity index (χ4n) is 4.03. The van der Waals surface area contributed by atoms with Gasteiger partial charge in [0.05, 0.1) is 30.3 Å². The highest BCUT2D eigenvalue weighted by Crippen LogP contribution is 2.40. The van der Waals surface area contributed by atoms with E-state index in [1.54, 1.807) is 19.2 Å². The molecule has 0 N–H and O–H groups in total. The number of benzene rings is 1. The van der Waals surface area contributed by atoms with E-state index in [2.05, 4.69) is 4.99 Å². The molecule has 1 saturated heterocycles. The maximum absolute atomic E-state index is 12.6. The van der Waals surface area contributed by atoms with Crippen LogP contribution in [0.2, 0.25) is 0 Å². The van der Waals surface area contributed by atoms with Gasteiger partial charge >= 0.3 is 5.97 Å². The Hall–Kier alpha value is -2.78. The highest BCUT2D eigenvalue weighted by molar-refractivity contribution is 7.16. The number of ether oxygens (including phenoxy) is 2. The Labute approximate surface area is 184 Å². The molecule has 1 aliphatic carbocycles. The minimum Gasteiger partial charge on any atom is -0.462 e. The van der Waals surface area contributed by atoms with Crippen LogP contribution in [0.15, 0.2) is 23.2 Å². The average molecular weight is 444 g/mol. The number of hydrogen-bond donors (Lipinski definition) is 0. The number of nitro groups is 1. The van der Waals surface area contributed by atoms with E-state index in [0.717, 1.165) is 31.2 Å². The number of nitro benzene ring substituents is 1. The smallest absolute Gasteiger partial charge is 0.341 e. The number of anilines is 1. The van der Waals surface area contributed by atoms with Gasteiger partial charge < -0.3 is 14.4 Å². The molecule has 31 heavy (non-hydrogen) atoms. The number of carbonyl (C=O) groups excluding carboxylic acids is 1. The fraction of sp³-hybridized carbons (Fsp3) is 0.455. The second kappa shape index (κ2) is 9.57. The van der Waals surface area contributed by atoms with Crippen molar-refractivity contribution in [3.63, 3.8) is 0 Å². The topological polar surface area (TPSA) is 94.3 Å². The van der Waals surface area contributed by atoms with Crippen molar-refractivity contribution in [1.82, 2.24) is 0 Å². The second-order valence-electron chi connectivity index (χ2n) is 7.47. The molecule has 4 rings (SSSR count). The lowest BCUT2D eigenvalue weighted by Crippen LogP contribution is -2.36. The van der Waals surface area contributed by atoms with Crippen molar-refractivity contribution in [2.75, 3.05) is 37.8 Å². The van der Waals surface area contributed by atoms with E-state index in [-0.39, 0.29) is 16.6 Å². The van der Waals surface area contributed by atoms with Gasteiger partial charge in [-0.15, -0.1) is 11.3 Å². The molecule has 0 radical (unpaired) electrons. The summed E-state index contributed by atoms with van der Waals surface area (Å²) in [6.45, 7) is 4.45. The van der Waals surface area contributed by atoms with Gasteiger partial charge in [-0.05, 0) is 49.8 Å². The standard InChI is InChI=1S/C22H25N3O5S/c1-2-30-22(26)20-16-5-3-4-6-19(16)31-21(20)23-14-15-7-8-17(18(13-15)25(27)28)24-9-11-29-12-10-24/h7-8,13-14H,2-6,9-12H2,1H3. The number of rotatable bonds is 6. The van der Waals surface area contributed by atoms with Crippen molar-refractivity contribution in [2.24, 2.45) is 4.99 Å². The lowest BCUT2D eigenvalue weighted by Gasteiger charge is -2.28. The first-order valence-corrected chi connectivity index (χ1v) is 11.4. The van der Waals surface area contributed by atoms with E-state index >= 15 is 0 Å². The van der Waals surface area contributed by atoms with Crippen molar-refractivity contribution >= 4 is 39.9 Å². The molecule has 0 saturated carbocycles. The van der Waals surface area contributed by atoms with Gasteiger partial charge in [-0.2, -0.15) is 0 Å². The summed E-state index contributed by atoms with van der Waals surface area (Å²) >= 11 is 1.52. The summed E-state index contributed by atoms with van der Waals surface area (Å²) in [5.41, 5.74) is 2.85. The number of aliphatic imine (C=N–C) groups is 1. The summed E-state index contributed by atoms with van der Waals surface area (Å²) in [5, 5.41) is 12.3. The van der Waals surface area contributed by atoms with E-state index in [1.807, 2.05) is 11.0 Å². The van der Waals surface area contributed by atoms with Crippen molar-refractivity contribution in [3.05, 3.63) is 49.9 Å². The third-order valence-electron chi connectivity index (χ3n) is 5.51. The maximum Gasteiger partial charge on any atom is 0.341 e. The summed E-state index contributed by atoms with van der Waals surface area (Å²) in [6, 6.07) is 5.11. The van der Waals surface area contributed by atoms with Crippen LogP contribution in [0.5, 0.6) is 0 Å². The molecule has 2 aliphatic rings. The van der Waals surface area contributed by atoms with Crippen LogP contribution >= 0.6 is 11.3 Å². The van der Waals surface area contributed by atoms with Crippen LogP contribution in [-0.4, -0.2) is 50.0 Å². The first-order valence-electron chi connectivity index (χ1n) is 10.6. The normalized spacial score (nSPS) is 16.4.